The number of hydrogen-bond donors (Lipinski definition) is 1. The van der Waals surface area contributed by atoms with Crippen molar-refractivity contribution in [3.63, 3.8) is 0 Å². The minimum absolute atomic E-state index is 0.553. The van der Waals surface area contributed by atoms with E-state index in [1.54, 1.807) is 12.5 Å². The third kappa shape index (κ3) is 3.61. The summed E-state index contributed by atoms with van der Waals surface area (Å²) in [6, 6.07) is 1.99. The second-order valence-electron chi connectivity index (χ2n) is 3.67. The van der Waals surface area contributed by atoms with Crippen molar-refractivity contribution in [2.24, 2.45) is 11.7 Å². The molecule has 0 radical (unpaired) electrons. The Morgan fingerprint density at radius 1 is 1.62 bits per heavy atom. The van der Waals surface area contributed by atoms with Crippen molar-refractivity contribution in [1.29, 1.82) is 0 Å². The Bertz CT molecular complexity index is 221. The quantitative estimate of drug-likeness (QED) is 0.746. The van der Waals surface area contributed by atoms with Crippen LogP contribution in [0.5, 0.6) is 0 Å². The van der Waals surface area contributed by atoms with Crippen molar-refractivity contribution in [3.05, 3.63) is 24.2 Å². The maximum absolute atomic E-state index is 5.55. The lowest BCUT2D eigenvalue weighted by atomic mass is 10.1. The van der Waals surface area contributed by atoms with E-state index in [-0.39, 0.29) is 0 Å². The van der Waals surface area contributed by atoms with Gasteiger partial charge >= 0.3 is 0 Å². The minimum atomic E-state index is 0.553. The zero-order valence-corrected chi connectivity index (χ0v) is 8.36. The van der Waals surface area contributed by atoms with E-state index in [2.05, 4.69) is 18.9 Å². The molecule has 1 unspecified atom stereocenters. The molecule has 0 saturated heterocycles. The largest absolute Gasteiger partial charge is 0.472 e. The molecular formula is C10H18N2O. The fourth-order valence-electron chi connectivity index (χ4n) is 1.37. The van der Waals surface area contributed by atoms with Gasteiger partial charge in [-0.25, -0.2) is 0 Å². The zero-order chi connectivity index (χ0) is 9.68. The van der Waals surface area contributed by atoms with Gasteiger partial charge in [-0.15, -0.1) is 0 Å². The van der Waals surface area contributed by atoms with Gasteiger partial charge in [0.05, 0.1) is 12.5 Å². The molecule has 0 saturated carbocycles. The van der Waals surface area contributed by atoms with Crippen LogP contribution in [0.15, 0.2) is 23.0 Å². The van der Waals surface area contributed by atoms with E-state index in [1.807, 2.05) is 6.07 Å². The van der Waals surface area contributed by atoms with Gasteiger partial charge in [-0.3, -0.25) is 0 Å². The summed E-state index contributed by atoms with van der Waals surface area (Å²) in [6.45, 7) is 4.87. The van der Waals surface area contributed by atoms with Crippen LogP contribution in [-0.2, 0) is 6.54 Å². The van der Waals surface area contributed by atoms with Crippen LogP contribution in [0.3, 0.4) is 0 Å². The normalized spacial score (nSPS) is 13.5. The Kier molecular flexibility index (Phi) is 3.99. The lowest BCUT2D eigenvalue weighted by Crippen LogP contribution is -2.27. The standard InChI is InChI=1S/C10H18N2O/c1-9(5-11)6-12(2)7-10-3-4-13-8-10/h3-4,8-9H,5-7,11H2,1-2H3. The fraction of sp³-hybridized carbons (Fsp3) is 0.600. The van der Waals surface area contributed by atoms with Crippen LogP contribution in [0, 0.1) is 5.92 Å². The summed E-state index contributed by atoms with van der Waals surface area (Å²) >= 11 is 0. The average Bonchev–Trinajstić information content (AvgIpc) is 2.56. The maximum Gasteiger partial charge on any atom is 0.0947 e. The van der Waals surface area contributed by atoms with Crippen LogP contribution in [0.2, 0.25) is 0 Å². The third-order valence-corrected chi connectivity index (χ3v) is 2.06. The van der Waals surface area contributed by atoms with Gasteiger partial charge in [0.15, 0.2) is 0 Å². The SMILES string of the molecule is CC(CN)CN(C)Cc1ccoc1. The van der Waals surface area contributed by atoms with E-state index in [1.165, 1.54) is 5.56 Å². The van der Waals surface area contributed by atoms with E-state index >= 15 is 0 Å². The predicted molar refractivity (Wildman–Crippen MR) is 53.3 cm³/mol. The summed E-state index contributed by atoms with van der Waals surface area (Å²) in [5.41, 5.74) is 6.76. The zero-order valence-electron chi connectivity index (χ0n) is 8.36. The van der Waals surface area contributed by atoms with Gasteiger partial charge in [-0.1, -0.05) is 6.92 Å². The summed E-state index contributed by atoms with van der Waals surface area (Å²) in [5, 5.41) is 0. The fourth-order valence-corrected chi connectivity index (χ4v) is 1.37. The van der Waals surface area contributed by atoms with E-state index < -0.39 is 0 Å². The maximum atomic E-state index is 5.55. The Hall–Kier alpha value is -0.800. The van der Waals surface area contributed by atoms with E-state index in [4.69, 9.17) is 10.2 Å². The van der Waals surface area contributed by atoms with Crippen molar-refractivity contribution in [2.45, 2.75) is 13.5 Å². The Morgan fingerprint density at radius 3 is 2.92 bits per heavy atom. The summed E-state index contributed by atoms with van der Waals surface area (Å²) in [4.78, 5) is 2.25. The van der Waals surface area contributed by atoms with Gasteiger partial charge in [0.2, 0.25) is 0 Å². The molecule has 0 fully saturated rings. The topological polar surface area (TPSA) is 42.4 Å². The van der Waals surface area contributed by atoms with E-state index in [9.17, 15) is 0 Å². The Labute approximate surface area is 79.5 Å². The predicted octanol–water partition coefficient (Wildman–Crippen LogP) is 1.31. The Morgan fingerprint density at radius 2 is 2.38 bits per heavy atom. The number of hydrogen-bond acceptors (Lipinski definition) is 3. The summed E-state index contributed by atoms with van der Waals surface area (Å²) < 4.78 is 5.00. The van der Waals surface area contributed by atoms with Crippen LogP contribution in [0.1, 0.15) is 12.5 Å². The second-order valence-corrected chi connectivity index (χ2v) is 3.67. The molecule has 3 heteroatoms. The van der Waals surface area contributed by atoms with Gasteiger partial charge < -0.3 is 15.1 Å². The molecule has 0 spiro atoms. The highest BCUT2D eigenvalue weighted by molar-refractivity contribution is 5.04. The van der Waals surface area contributed by atoms with E-state index in [0.717, 1.165) is 19.6 Å². The molecule has 0 amide bonds. The number of furan rings is 1. The first-order chi connectivity index (χ1) is 6.22. The molecule has 13 heavy (non-hydrogen) atoms. The average molecular weight is 182 g/mol. The monoisotopic (exact) mass is 182 g/mol. The molecule has 0 aliphatic carbocycles. The van der Waals surface area contributed by atoms with Gasteiger partial charge in [-0.2, -0.15) is 0 Å². The molecule has 2 N–H and O–H groups in total. The summed E-state index contributed by atoms with van der Waals surface area (Å²) in [6.07, 6.45) is 3.49. The second kappa shape index (κ2) is 5.04. The molecular weight excluding hydrogens is 164 g/mol. The molecule has 1 aromatic heterocycles. The number of nitrogens with zero attached hydrogens (tertiary/aromatic N) is 1. The molecule has 74 valence electrons. The van der Waals surface area contributed by atoms with Crippen molar-refractivity contribution < 1.29 is 4.42 Å². The van der Waals surface area contributed by atoms with Gasteiger partial charge in [0.25, 0.3) is 0 Å². The highest BCUT2D eigenvalue weighted by Crippen LogP contribution is 2.05. The first-order valence-electron chi connectivity index (χ1n) is 4.62. The highest BCUT2D eigenvalue weighted by atomic mass is 16.3. The Balaban J connectivity index is 2.29. The van der Waals surface area contributed by atoms with Crippen LogP contribution in [-0.4, -0.2) is 25.0 Å². The molecule has 0 aliphatic heterocycles. The van der Waals surface area contributed by atoms with Crippen molar-refractivity contribution in [2.75, 3.05) is 20.1 Å². The molecule has 1 rings (SSSR count). The lowest BCUT2D eigenvalue weighted by Gasteiger charge is -2.19. The summed E-state index contributed by atoms with van der Waals surface area (Å²) in [5.74, 6) is 0.553. The van der Waals surface area contributed by atoms with Gasteiger partial charge in [0.1, 0.15) is 0 Å². The molecule has 1 heterocycles. The van der Waals surface area contributed by atoms with Crippen LogP contribution >= 0.6 is 0 Å². The van der Waals surface area contributed by atoms with Gasteiger partial charge in [-0.05, 0) is 25.6 Å². The number of rotatable bonds is 5. The smallest absolute Gasteiger partial charge is 0.0947 e. The first-order valence-corrected chi connectivity index (χ1v) is 4.62. The molecule has 0 bridgehead atoms. The first kappa shape index (κ1) is 10.3. The third-order valence-electron chi connectivity index (χ3n) is 2.06. The van der Waals surface area contributed by atoms with Crippen molar-refractivity contribution >= 4 is 0 Å². The van der Waals surface area contributed by atoms with Crippen LogP contribution in [0.25, 0.3) is 0 Å². The molecule has 0 aromatic carbocycles. The minimum Gasteiger partial charge on any atom is -0.472 e. The van der Waals surface area contributed by atoms with Crippen molar-refractivity contribution in [3.8, 4) is 0 Å². The lowest BCUT2D eigenvalue weighted by molar-refractivity contribution is 0.281. The highest BCUT2D eigenvalue weighted by Gasteiger charge is 2.05. The molecule has 3 nitrogen and oxygen atoms in total. The van der Waals surface area contributed by atoms with Gasteiger partial charge in [0, 0.05) is 18.7 Å². The molecule has 0 aliphatic rings. The number of nitrogens with two attached hydrogens (primary N) is 1. The van der Waals surface area contributed by atoms with E-state index in [0.29, 0.717) is 5.92 Å². The molecule has 1 atom stereocenters. The van der Waals surface area contributed by atoms with Crippen molar-refractivity contribution in [1.82, 2.24) is 4.90 Å². The van der Waals surface area contributed by atoms with Crippen LogP contribution < -0.4 is 5.73 Å². The summed E-state index contributed by atoms with van der Waals surface area (Å²) in [7, 11) is 2.10. The molecule has 1 aromatic rings. The van der Waals surface area contributed by atoms with Crippen LogP contribution in [0.4, 0.5) is 0 Å².